The molecule has 1 unspecified atom stereocenters. The highest BCUT2D eigenvalue weighted by Crippen LogP contribution is 2.37. The van der Waals surface area contributed by atoms with Gasteiger partial charge in [0, 0.05) is 11.3 Å². The molecule has 0 fully saturated rings. The van der Waals surface area contributed by atoms with Crippen LogP contribution in [-0.2, 0) is 0 Å². The van der Waals surface area contributed by atoms with Gasteiger partial charge in [-0.3, -0.25) is 0 Å². The van der Waals surface area contributed by atoms with Crippen molar-refractivity contribution >= 4 is 17.3 Å². The number of rotatable bonds is 8. The highest BCUT2D eigenvalue weighted by atomic mass is 35.5. The van der Waals surface area contributed by atoms with Crippen LogP contribution in [0.25, 0.3) is 0 Å². The van der Waals surface area contributed by atoms with Crippen molar-refractivity contribution < 1.29 is 13.9 Å². The van der Waals surface area contributed by atoms with Crippen LogP contribution < -0.4 is 14.8 Å². The number of hydrogen-bond donors (Lipinski definition) is 1. The maximum atomic E-state index is 13.9. The molecule has 0 saturated carbocycles. The Bertz CT molecular complexity index is 692. The first kappa shape index (κ1) is 18.1. The normalized spacial score (nSPS) is 11.7. The molecule has 1 heterocycles. The second-order valence-electron chi connectivity index (χ2n) is 5.14. The average Bonchev–Trinajstić information content (AvgIpc) is 2.61. The molecule has 1 aromatic carbocycles. The summed E-state index contributed by atoms with van der Waals surface area (Å²) in [5.41, 5.74) is 1.41. The van der Waals surface area contributed by atoms with Crippen molar-refractivity contribution in [3.8, 4) is 11.5 Å². The standard InChI is InChI=1S/C18H20ClFN2O2/c1-4-5-6-14(22-12-7-9-13(23-2)10-8-12)16-15(24-3)11-21-18(20)17(16)19/h4,7-11,14,22H,1,5-6H2,2-3H3. The third kappa shape index (κ3) is 4.17. The number of ether oxygens (including phenoxy) is 2. The highest BCUT2D eigenvalue weighted by Gasteiger charge is 2.22. The van der Waals surface area contributed by atoms with Gasteiger partial charge in [-0.1, -0.05) is 17.7 Å². The zero-order valence-corrected chi connectivity index (χ0v) is 14.4. The van der Waals surface area contributed by atoms with E-state index in [1.54, 1.807) is 13.2 Å². The van der Waals surface area contributed by atoms with Gasteiger partial charge in [-0.15, -0.1) is 6.58 Å². The van der Waals surface area contributed by atoms with Crippen molar-refractivity contribution in [2.45, 2.75) is 18.9 Å². The lowest BCUT2D eigenvalue weighted by Gasteiger charge is -2.23. The number of nitrogens with zero attached hydrogens (tertiary/aromatic N) is 1. The summed E-state index contributed by atoms with van der Waals surface area (Å²) in [5, 5.41) is 3.32. The lowest BCUT2D eigenvalue weighted by molar-refractivity contribution is 0.400. The summed E-state index contributed by atoms with van der Waals surface area (Å²) >= 11 is 6.16. The van der Waals surface area contributed by atoms with E-state index in [9.17, 15) is 4.39 Å². The Hall–Kier alpha value is -2.27. The molecule has 0 aliphatic heterocycles. The SMILES string of the molecule is C=CCCC(Nc1ccc(OC)cc1)c1c(OC)cnc(F)c1Cl. The van der Waals surface area contributed by atoms with Crippen LogP contribution in [0.2, 0.25) is 5.02 Å². The Morgan fingerprint density at radius 1 is 1.29 bits per heavy atom. The number of hydrogen-bond acceptors (Lipinski definition) is 4. The summed E-state index contributed by atoms with van der Waals surface area (Å²) in [6.07, 6.45) is 4.56. The van der Waals surface area contributed by atoms with Crippen LogP contribution in [0.1, 0.15) is 24.4 Å². The van der Waals surface area contributed by atoms with Crippen LogP contribution in [0.15, 0.2) is 43.1 Å². The summed E-state index contributed by atoms with van der Waals surface area (Å²) in [4.78, 5) is 3.61. The Morgan fingerprint density at radius 3 is 2.58 bits per heavy atom. The van der Waals surface area contributed by atoms with E-state index in [0.29, 0.717) is 17.7 Å². The van der Waals surface area contributed by atoms with Crippen molar-refractivity contribution in [3.05, 3.63) is 59.7 Å². The second-order valence-corrected chi connectivity index (χ2v) is 5.51. The molecule has 1 N–H and O–H groups in total. The molecular weight excluding hydrogens is 331 g/mol. The van der Waals surface area contributed by atoms with Gasteiger partial charge in [-0.2, -0.15) is 4.39 Å². The van der Waals surface area contributed by atoms with Gasteiger partial charge >= 0.3 is 0 Å². The number of allylic oxidation sites excluding steroid dienone is 1. The van der Waals surface area contributed by atoms with Gasteiger partial charge < -0.3 is 14.8 Å². The van der Waals surface area contributed by atoms with Gasteiger partial charge in [-0.05, 0) is 37.1 Å². The molecule has 2 aromatic rings. The van der Waals surface area contributed by atoms with Gasteiger partial charge in [0.1, 0.15) is 16.5 Å². The first-order valence-electron chi connectivity index (χ1n) is 7.50. The van der Waals surface area contributed by atoms with Gasteiger partial charge in [0.15, 0.2) is 0 Å². The molecule has 0 aliphatic rings. The molecule has 0 saturated heterocycles. The minimum absolute atomic E-state index is 0.0376. The van der Waals surface area contributed by atoms with Crippen molar-refractivity contribution in [2.75, 3.05) is 19.5 Å². The third-order valence-corrected chi connectivity index (χ3v) is 4.00. The number of aromatic nitrogens is 1. The first-order chi connectivity index (χ1) is 11.6. The third-order valence-electron chi connectivity index (χ3n) is 3.64. The maximum absolute atomic E-state index is 13.9. The van der Waals surface area contributed by atoms with E-state index in [4.69, 9.17) is 21.1 Å². The number of benzene rings is 1. The van der Waals surface area contributed by atoms with Crippen LogP contribution in [0, 0.1) is 5.95 Å². The minimum Gasteiger partial charge on any atom is -0.497 e. The Balaban J connectivity index is 2.37. The fourth-order valence-corrected chi connectivity index (χ4v) is 2.68. The van der Waals surface area contributed by atoms with Crippen LogP contribution in [0.4, 0.5) is 10.1 Å². The first-order valence-corrected chi connectivity index (χ1v) is 7.87. The van der Waals surface area contributed by atoms with E-state index in [1.807, 2.05) is 24.3 Å². The van der Waals surface area contributed by atoms with Crippen molar-refractivity contribution in [3.63, 3.8) is 0 Å². The molecular formula is C18H20ClFN2O2. The lowest BCUT2D eigenvalue weighted by Crippen LogP contribution is -2.14. The summed E-state index contributed by atoms with van der Waals surface area (Å²) < 4.78 is 24.3. The highest BCUT2D eigenvalue weighted by molar-refractivity contribution is 6.31. The fraction of sp³-hybridized carbons (Fsp3) is 0.278. The molecule has 6 heteroatoms. The van der Waals surface area contributed by atoms with Crippen molar-refractivity contribution in [1.82, 2.24) is 4.98 Å². The zero-order valence-electron chi connectivity index (χ0n) is 13.7. The average molecular weight is 351 g/mol. The number of halogens is 2. The summed E-state index contributed by atoms with van der Waals surface area (Å²) in [6, 6.07) is 7.21. The van der Waals surface area contributed by atoms with Crippen LogP contribution >= 0.6 is 11.6 Å². The van der Waals surface area contributed by atoms with Crippen LogP contribution in [-0.4, -0.2) is 19.2 Å². The quantitative estimate of drug-likeness (QED) is 0.536. The largest absolute Gasteiger partial charge is 0.497 e. The summed E-state index contributed by atoms with van der Waals surface area (Å²) in [7, 11) is 3.12. The minimum atomic E-state index is -0.715. The smallest absolute Gasteiger partial charge is 0.232 e. The molecule has 24 heavy (non-hydrogen) atoms. The van der Waals surface area contributed by atoms with E-state index in [-0.39, 0.29) is 11.1 Å². The molecule has 2 rings (SSSR count). The number of anilines is 1. The van der Waals surface area contributed by atoms with E-state index >= 15 is 0 Å². The maximum Gasteiger partial charge on any atom is 0.232 e. The zero-order chi connectivity index (χ0) is 17.5. The van der Waals surface area contributed by atoms with Gasteiger partial charge in [0.25, 0.3) is 0 Å². The molecule has 128 valence electrons. The Morgan fingerprint density at radius 2 is 2.00 bits per heavy atom. The summed E-state index contributed by atoms with van der Waals surface area (Å²) in [5.74, 6) is 0.484. The molecule has 0 radical (unpaired) electrons. The van der Waals surface area contributed by atoms with E-state index in [1.165, 1.54) is 13.3 Å². The second kappa shape index (κ2) is 8.55. The molecule has 1 aromatic heterocycles. The van der Waals surface area contributed by atoms with E-state index in [2.05, 4.69) is 16.9 Å². The fourth-order valence-electron chi connectivity index (χ4n) is 2.41. The number of nitrogens with one attached hydrogen (secondary N) is 1. The number of pyridine rings is 1. The van der Waals surface area contributed by atoms with Gasteiger partial charge in [0.05, 0.1) is 26.5 Å². The molecule has 1 atom stereocenters. The van der Waals surface area contributed by atoms with Crippen molar-refractivity contribution in [1.29, 1.82) is 0 Å². The predicted octanol–water partition coefficient (Wildman–Crippen LogP) is 5.01. The van der Waals surface area contributed by atoms with Gasteiger partial charge in [-0.25, -0.2) is 4.98 Å². The molecule has 0 spiro atoms. The van der Waals surface area contributed by atoms with E-state index in [0.717, 1.165) is 17.9 Å². The Kier molecular flexibility index (Phi) is 6.44. The molecule has 0 amide bonds. The van der Waals surface area contributed by atoms with Gasteiger partial charge in [0.2, 0.25) is 5.95 Å². The van der Waals surface area contributed by atoms with Crippen LogP contribution in [0.5, 0.6) is 11.5 Å². The monoisotopic (exact) mass is 350 g/mol. The molecule has 0 bridgehead atoms. The Labute approximate surface area is 146 Å². The molecule has 0 aliphatic carbocycles. The molecule has 4 nitrogen and oxygen atoms in total. The van der Waals surface area contributed by atoms with Crippen LogP contribution in [0.3, 0.4) is 0 Å². The topological polar surface area (TPSA) is 43.4 Å². The summed E-state index contributed by atoms with van der Waals surface area (Å²) in [6.45, 7) is 3.74. The lowest BCUT2D eigenvalue weighted by atomic mass is 10.0. The van der Waals surface area contributed by atoms with Crippen molar-refractivity contribution in [2.24, 2.45) is 0 Å². The predicted molar refractivity (Wildman–Crippen MR) is 94.5 cm³/mol. The van der Waals surface area contributed by atoms with E-state index < -0.39 is 5.95 Å². The number of methoxy groups -OCH3 is 2.